The van der Waals surface area contributed by atoms with Crippen molar-refractivity contribution in [3.05, 3.63) is 47.3 Å². The minimum absolute atomic E-state index is 0.346. The monoisotopic (exact) mass is 393 g/mol. The average molecular weight is 393 g/mol. The smallest absolute Gasteiger partial charge is 0.162 e. The van der Waals surface area contributed by atoms with Gasteiger partial charge in [0.25, 0.3) is 0 Å². The summed E-state index contributed by atoms with van der Waals surface area (Å²) in [6, 6.07) is 8.52. The highest BCUT2D eigenvalue weighted by Crippen LogP contribution is 2.31. The highest BCUT2D eigenvalue weighted by Gasteiger charge is 2.21. The molecule has 4 aromatic rings. The Balaban J connectivity index is 1.98. The summed E-state index contributed by atoms with van der Waals surface area (Å²) in [5.41, 5.74) is 5.63. The summed E-state index contributed by atoms with van der Waals surface area (Å²) in [5, 5.41) is 3.91. The zero-order chi connectivity index (χ0) is 20.7. The van der Waals surface area contributed by atoms with Gasteiger partial charge in [-0.15, -0.1) is 0 Å². The number of benzene rings is 2. The summed E-state index contributed by atoms with van der Waals surface area (Å²) in [6.07, 6.45) is 0.225. The van der Waals surface area contributed by atoms with Crippen molar-refractivity contribution in [2.45, 2.75) is 20.0 Å². The van der Waals surface area contributed by atoms with E-state index in [1.807, 2.05) is 49.5 Å². The quantitative estimate of drug-likeness (QED) is 0.509. The van der Waals surface area contributed by atoms with Crippen LogP contribution >= 0.6 is 0 Å². The molecule has 0 amide bonds. The molecule has 0 aliphatic carbocycles. The van der Waals surface area contributed by atoms with Crippen molar-refractivity contribution >= 4 is 39.4 Å². The van der Waals surface area contributed by atoms with Gasteiger partial charge >= 0.3 is 0 Å². The van der Waals surface area contributed by atoms with Crippen LogP contribution in [0, 0.1) is 19.7 Å². The van der Waals surface area contributed by atoms with Gasteiger partial charge in [0.1, 0.15) is 17.5 Å². The predicted octanol–water partition coefficient (Wildman–Crippen LogP) is 3.34. The van der Waals surface area contributed by atoms with Gasteiger partial charge in [-0.1, -0.05) is 0 Å². The summed E-state index contributed by atoms with van der Waals surface area (Å²) in [4.78, 5) is 23.6. The Bertz CT molecular complexity index is 1230. The molecule has 0 bridgehead atoms. The number of hydrogen-bond acceptors (Lipinski definition) is 5. The third-order valence-corrected chi connectivity index (χ3v) is 5.28. The van der Waals surface area contributed by atoms with Crippen molar-refractivity contribution < 1.29 is 9.18 Å². The Morgan fingerprint density at radius 1 is 1.14 bits per heavy atom. The van der Waals surface area contributed by atoms with Crippen LogP contribution in [0.4, 0.5) is 4.39 Å². The van der Waals surface area contributed by atoms with E-state index < -0.39 is 6.17 Å². The highest BCUT2D eigenvalue weighted by atomic mass is 19.1. The molecule has 1 unspecified atom stereocenters. The van der Waals surface area contributed by atoms with Gasteiger partial charge in [-0.2, -0.15) is 0 Å². The first-order valence-electron chi connectivity index (χ1n) is 9.60. The number of hydrogen-bond donors (Lipinski definition) is 1. The van der Waals surface area contributed by atoms with E-state index >= 15 is 0 Å². The Kier molecular flexibility index (Phi) is 5.02. The number of likely N-dealkylation sites (N-methyl/N-ethyl adjacent to an activating group) is 1. The number of carbonyl (C=O) groups is 1. The molecule has 29 heavy (non-hydrogen) atoms. The SMILES string of the molecule is Cc1cc2nc3c4cc(F)ccc4n(C(C=O)NCCN(C)C)c3nc2cc1C. The number of rotatable bonds is 6. The molecule has 0 spiro atoms. The molecule has 0 saturated heterocycles. The first kappa shape index (κ1) is 19.4. The van der Waals surface area contributed by atoms with E-state index in [9.17, 15) is 9.18 Å². The Hall–Kier alpha value is -2.90. The predicted molar refractivity (Wildman–Crippen MR) is 114 cm³/mol. The Labute approximate surface area is 168 Å². The summed E-state index contributed by atoms with van der Waals surface area (Å²) in [5.74, 6) is -0.346. The van der Waals surface area contributed by atoms with Crippen LogP contribution < -0.4 is 5.32 Å². The van der Waals surface area contributed by atoms with E-state index in [-0.39, 0.29) is 5.82 Å². The molecule has 2 aromatic carbocycles. The molecule has 2 heterocycles. The number of carbonyl (C=O) groups excluding carboxylic acids is 1. The van der Waals surface area contributed by atoms with E-state index in [2.05, 4.69) is 5.32 Å². The van der Waals surface area contributed by atoms with Gasteiger partial charge in [0, 0.05) is 18.5 Å². The average Bonchev–Trinajstić information content (AvgIpc) is 2.97. The lowest BCUT2D eigenvalue weighted by Gasteiger charge is -2.18. The molecule has 150 valence electrons. The number of halogens is 1. The zero-order valence-corrected chi connectivity index (χ0v) is 17.0. The Morgan fingerprint density at radius 3 is 2.48 bits per heavy atom. The van der Waals surface area contributed by atoms with Crippen molar-refractivity contribution in [1.82, 2.24) is 24.8 Å². The minimum Gasteiger partial charge on any atom is -0.308 e. The second-order valence-corrected chi connectivity index (χ2v) is 7.69. The fourth-order valence-corrected chi connectivity index (χ4v) is 3.59. The maximum absolute atomic E-state index is 14.0. The second kappa shape index (κ2) is 7.50. The van der Waals surface area contributed by atoms with Crippen LogP contribution in [0.5, 0.6) is 0 Å². The number of aromatic nitrogens is 3. The molecule has 4 rings (SSSR count). The molecule has 1 atom stereocenters. The normalized spacial score (nSPS) is 13.0. The van der Waals surface area contributed by atoms with Crippen molar-refractivity contribution in [3.63, 3.8) is 0 Å². The van der Waals surface area contributed by atoms with Gasteiger partial charge in [0.15, 0.2) is 11.9 Å². The molecule has 7 heteroatoms. The van der Waals surface area contributed by atoms with E-state index in [0.717, 1.165) is 40.5 Å². The van der Waals surface area contributed by atoms with Crippen LogP contribution in [-0.4, -0.2) is 52.9 Å². The number of aryl methyl sites for hydroxylation is 2. The van der Waals surface area contributed by atoms with Gasteiger partial charge in [0.2, 0.25) is 0 Å². The van der Waals surface area contributed by atoms with E-state index in [1.165, 1.54) is 12.1 Å². The number of aldehydes is 1. The molecule has 0 saturated carbocycles. The van der Waals surface area contributed by atoms with Crippen molar-refractivity contribution in [2.75, 3.05) is 27.2 Å². The van der Waals surface area contributed by atoms with Crippen LogP contribution in [-0.2, 0) is 4.79 Å². The van der Waals surface area contributed by atoms with E-state index in [1.54, 1.807) is 6.07 Å². The minimum atomic E-state index is -0.626. The third-order valence-electron chi connectivity index (χ3n) is 5.28. The molecule has 0 fully saturated rings. The molecule has 2 aromatic heterocycles. The molecule has 0 radical (unpaired) electrons. The standard InChI is InChI=1S/C22H24FN5O/c1-13-9-17-18(10-14(13)2)26-22-21(25-17)16-11-15(23)5-6-19(16)28(22)20(12-29)24-7-8-27(3)4/h5-6,9-12,20,24H,7-8H2,1-4H3. The fourth-order valence-electron chi connectivity index (χ4n) is 3.59. The topological polar surface area (TPSA) is 63.1 Å². The molecular formula is C22H24FN5O. The lowest BCUT2D eigenvalue weighted by Crippen LogP contribution is -2.33. The molecular weight excluding hydrogens is 369 g/mol. The summed E-state index contributed by atoms with van der Waals surface area (Å²) >= 11 is 0. The molecule has 0 aliphatic heterocycles. The van der Waals surface area contributed by atoms with Crippen LogP contribution in [0.25, 0.3) is 33.1 Å². The molecule has 6 nitrogen and oxygen atoms in total. The number of nitrogens with zero attached hydrogens (tertiary/aromatic N) is 4. The molecule has 0 aliphatic rings. The van der Waals surface area contributed by atoms with Gasteiger partial charge < -0.3 is 9.47 Å². The largest absolute Gasteiger partial charge is 0.308 e. The molecule has 1 N–H and O–H groups in total. The number of nitrogens with one attached hydrogen (secondary N) is 1. The summed E-state index contributed by atoms with van der Waals surface area (Å²) in [7, 11) is 3.95. The second-order valence-electron chi connectivity index (χ2n) is 7.69. The fraction of sp³-hybridized carbons (Fsp3) is 0.318. The zero-order valence-electron chi connectivity index (χ0n) is 17.0. The van der Waals surface area contributed by atoms with E-state index in [4.69, 9.17) is 9.97 Å². The van der Waals surface area contributed by atoms with Gasteiger partial charge in [-0.25, -0.2) is 14.4 Å². The lowest BCUT2D eigenvalue weighted by molar-refractivity contribution is -0.111. The number of fused-ring (bicyclic) bond motifs is 4. The van der Waals surface area contributed by atoms with Crippen LogP contribution in [0.2, 0.25) is 0 Å². The first-order valence-corrected chi connectivity index (χ1v) is 9.60. The van der Waals surface area contributed by atoms with Crippen molar-refractivity contribution in [2.24, 2.45) is 0 Å². The van der Waals surface area contributed by atoms with Gasteiger partial charge in [-0.05, 0) is 69.4 Å². The third kappa shape index (κ3) is 3.47. The van der Waals surface area contributed by atoms with Gasteiger partial charge in [0.05, 0.1) is 16.6 Å². The van der Waals surface area contributed by atoms with Gasteiger partial charge in [-0.3, -0.25) is 10.1 Å². The van der Waals surface area contributed by atoms with Crippen molar-refractivity contribution in [1.29, 1.82) is 0 Å². The van der Waals surface area contributed by atoms with Crippen LogP contribution in [0.1, 0.15) is 17.3 Å². The lowest BCUT2D eigenvalue weighted by atomic mass is 10.1. The first-order chi connectivity index (χ1) is 13.9. The van der Waals surface area contributed by atoms with Crippen LogP contribution in [0.3, 0.4) is 0 Å². The highest BCUT2D eigenvalue weighted by molar-refractivity contribution is 6.07. The maximum Gasteiger partial charge on any atom is 0.162 e. The van der Waals surface area contributed by atoms with E-state index in [0.29, 0.717) is 23.1 Å². The Morgan fingerprint density at radius 2 is 1.83 bits per heavy atom. The van der Waals surface area contributed by atoms with Crippen LogP contribution in [0.15, 0.2) is 30.3 Å². The maximum atomic E-state index is 14.0. The summed E-state index contributed by atoms with van der Waals surface area (Å²) in [6.45, 7) is 5.46. The van der Waals surface area contributed by atoms with Crippen molar-refractivity contribution in [3.8, 4) is 0 Å². The summed E-state index contributed by atoms with van der Waals surface area (Å²) < 4.78 is 15.8.